The van der Waals surface area contributed by atoms with Crippen molar-refractivity contribution in [3.05, 3.63) is 12.0 Å². The van der Waals surface area contributed by atoms with Crippen LogP contribution in [0.25, 0.3) is 0 Å². The van der Waals surface area contributed by atoms with Crippen LogP contribution in [0.2, 0.25) is 0 Å². The van der Waals surface area contributed by atoms with Gasteiger partial charge in [0.15, 0.2) is 5.76 Å². The maximum absolute atomic E-state index is 12.0. The van der Waals surface area contributed by atoms with Crippen molar-refractivity contribution in [3.8, 4) is 0 Å². The summed E-state index contributed by atoms with van der Waals surface area (Å²) in [6.07, 6.45) is 1.48. The van der Waals surface area contributed by atoms with Crippen molar-refractivity contribution in [2.75, 3.05) is 5.32 Å². The summed E-state index contributed by atoms with van der Waals surface area (Å²) in [5.74, 6) is -0.317. The number of amides is 2. The summed E-state index contributed by atoms with van der Waals surface area (Å²) in [6, 6.07) is -0.952. The topological polar surface area (TPSA) is 125 Å². The van der Waals surface area contributed by atoms with Gasteiger partial charge in [0.1, 0.15) is 11.6 Å². The van der Waals surface area contributed by atoms with Crippen LogP contribution in [0.5, 0.6) is 0 Å². The van der Waals surface area contributed by atoms with Crippen molar-refractivity contribution < 1.29 is 24.2 Å². The zero-order chi connectivity index (χ0) is 16.0. The number of aliphatic hydroxyl groups is 1. The second-order valence-electron chi connectivity index (χ2n) is 4.94. The van der Waals surface area contributed by atoms with Crippen molar-refractivity contribution >= 4 is 18.0 Å². The number of anilines is 1. The maximum atomic E-state index is 12.0. The summed E-state index contributed by atoms with van der Waals surface area (Å²) in [7, 11) is 0. The van der Waals surface area contributed by atoms with Gasteiger partial charge < -0.3 is 19.9 Å². The van der Waals surface area contributed by atoms with Gasteiger partial charge in [-0.15, -0.1) is 0 Å². The van der Waals surface area contributed by atoms with E-state index in [2.05, 4.69) is 15.6 Å². The number of rotatable bonds is 7. The van der Waals surface area contributed by atoms with E-state index in [1.807, 2.05) is 6.92 Å². The van der Waals surface area contributed by atoms with E-state index < -0.39 is 23.6 Å². The summed E-state index contributed by atoms with van der Waals surface area (Å²) in [5, 5.41) is 23.3. The number of nitrogens with zero attached hydrogens (tertiary/aromatic N) is 1. The second kappa shape index (κ2) is 7.07. The largest absolute Gasteiger partial charge is 0.465 e. The fraction of sp³-hybridized carbons (Fsp3) is 0.615. The van der Waals surface area contributed by atoms with Crippen LogP contribution in [-0.2, 0) is 10.4 Å². The van der Waals surface area contributed by atoms with Gasteiger partial charge in [0.2, 0.25) is 0 Å². The Labute approximate surface area is 122 Å². The summed E-state index contributed by atoms with van der Waals surface area (Å²) in [4.78, 5) is 26.5. The predicted octanol–water partition coefficient (Wildman–Crippen LogP) is 1.67. The number of aromatic nitrogens is 1. The Morgan fingerprint density at radius 1 is 1.48 bits per heavy atom. The molecule has 1 unspecified atom stereocenters. The Bertz CT molecular complexity index is 498. The molecule has 8 nitrogen and oxygen atoms in total. The van der Waals surface area contributed by atoms with Gasteiger partial charge in [0.05, 0.1) is 6.20 Å². The average Bonchev–Trinajstić information content (AvgIpc) is 2.87. The van der Waals surface area contributed by atoms with Gasteiger partial charge in [-0.2, -0.15) is 0 Å². The lowest BCUT2D eigenvalue weighted by Crippen LogP contribution is -2.43. The Morgan fingerprint density at radius 2 is 2.14 bits per heavy atom. The number of oxazole rings is 1. The molecular formula is C13H21N3O5. The molecular weight excluding hydrogens is 278 g/mol. The molecule has 0 saturated heterocycles. The van der Waals surface area contributed by atoms with E-state index in [0.717, 1.165) is 0 Å². The molecule has 0 radical (unpaired) electrons. The Morgan fingerprint density at radius 3 is 2.67 bits per heavy atom. The molecule has 0 aliphatic heterocycles. The van der Waals surface area contributed by atoms with Crippen LogP contribution in [-0.4, -0.2) is 33.2 Å². The Hall–Kier alpha value is -2.09. The van der Waals surface area contributed by atoms with Crippen LogP contribution in [0, 0.1) is 0 Å². The molecule has 0 bridgehead atoms. The van der Waals surface area contributed by atoms with Gasteiger partial charge in [-0.05, 0) is 19.8 Å². The number of nitrogens with one attached hydrogen (secondary N) is 2. The first-order chi connectivity index (χ1) is 9.80. The molecule has 21 heavy (non-hydrogen) atoms. The Kier molecular flexibility index (Phi) is 5.71. The van der Waals surface area contributed by atoms with Gasteiger partial charge in [-0.25, -0.2) is 9.78 Å². The van der Waals surface area contributed by atoms with Crippen molar-refractivity contribution in [2.45, 2.75) is 51.7 Å². The summed E-state index contributed by atoms with van der Waals surface area (Å²) >= 11 is 0. The second-order valence-corrected chi connectivity index (χ2v) is 4.94. The Balaban J connectivity index is 2.75. The highest BCUT2D eigenvalue weighted by atomic mass is 16.4. The predicted molar refractivity (Wildman–Crippen MR) is 74.9 cm³/mol. The highest BCUT2D eigenvalue weighted by Gasteiger charge is 2.27. The molecule has 0 fully saturated rings. The fourth-order valence-electron chi connectivity index (χ4n) is 1.65. The van der Waals surface area contributed by atoms with Crippen molar-refractivity contribution in [1.82, 2.24) is 10.3 Å². The first-order valence-electron chi connectivity index (χ1n) is 6.79. The molecule has 118 valence electrons. The van der Waals surface area contributed by atoms with Crippen LogP contribution >= 0.6 is 0 Å². The lowest BCUT2D eigenvalue weighted by Gasteiger charge is -2.17. The smallest absolute Gasteiger partial charge is 0.405 e. The number of hydrogen-bond acceptors (Lipinski definition) is 5. The lowest BCUT2D eigenvalue weighted by molar-refractivity contribution is -0.118. The van der Waals surface area contributed by atoms with E-state index in [1.165, 1.54) is 6.20 Å². The number of hydrogen-bond donors (Lipinski definition) is 4. The van der Waals surface area contributed by atoms with Gasteiger partial charge in [-0.3, -0.25) is 10.1 Å². The minimum absolute atomic E-state index is 0.0722. The SMILES string of the molecule is CCCC(NC(=O)O)C(=O)Nc1ncc([C@@](C)(O)CC)o1. The van der Waals surface area contributed by atoms with Crippen molar-refractivity contribution in [2.24, 2.45) is 0 Å². The third kappa shape index (κ3) is 4.75. The first kappa shape index (κ1) is 17.0. The molecule has 8 heteroatoms. The van der Waals surface area contributed by atoms with E-state index in [9.17, 15) is 14.7 Å². The molecule has 2 amide bonds. The zero-order valence-electron chi connectivity index (χ0n) is 12.3. The van der Waals surface area contributed by atoms with E-state index >= 15 is 0 Å². The van der Waals surface area contributed by atoms with Gasteiger partial charge in [-0.1, -0.05) is 20.3 Å². The van der Waals surface area contributed by atoms with E-state index in [4.69, 9.17) is 9.52 Å². The summed E-state index contributed by atoms with van der Waals surface area (Å²) < 4.78 is 5.28. The molecule has 0 aromatic carbocycles. The van der Waals surface area contributed by atoms with E-state index in [-0.39, 0.29) is 11.8 Å². The monoisotopic (exact) mass is 299 g/mol. The average molecular weight is 299 g/mol. The van der Waals surface area contributed by atoms with Crippen LogP contribution < -0.4 is 10.6 Å². The minimum atomic E-state index is -1.27. The molecule has 0 aliphatic rings. The molecule has 4 N–H and O–H groups in total. The highest BCUT2D eigenvalue weighted by molar-refractivity contribution is 5.94. The zero-order valence-corrected chi connectivity index (χ0v) is 12.3. The maximum Gasteiger partial charge on any atom is 0.405 e. The van der Waals surface area contributed by atoms with Crippen LogP contribution in [0.1, 0.15) is 45.8 Å². The first-order valence-corrected chi connectivity index (χ1v) is 6.79. The number of carbonyl (C=O) groups is 2. The van der Waals surface area contributed by atoms with Crippen LogP contribution in [0.4, 0.5) is 10.8 Å². The van der Waals surface area contributed by atoms with E-state index in [0.29, 0.717) is 19.3 Å². The molecule has 1 rings (SSSR count). The summed E-state index contributed by atoms with van der Waals surface area (Å²) in [5.41, 5.74) is -1.17. The molecule has 1 aromatic rings. The fourth-order valence-corrected chi connectivity index (χ4v) is 1.65. The van der Waals surface area contributed by atoms with E-state index in [1.54, 1.807) is 13.8 Å². The third-order valence-corrected chi connectivity index (χ3v) is 3.15. The molecule has 0 saturated carbocycles. The molecule has 0 aliphatic carbocycles. The van der Waals surface area contributed by atoms with Gasteiger partial charge in [0.25, 0.3) is 5.91 Å². The number of carboxylic acid groups (broad SMARTS) is 1. The standard InChI is InChI=1S/C13H21N3O5/c1-4-6-8(15-12(18)19)10(17)16-11-14-7-9(21-11)13(3,20)5-2/h7-8,15,20H,4-6H2,1-3H3,(H,18,19)(H,14,16,17)/t8?,13-/m0/s1. The lowest BCUT2D eigenvalue weighted by atomic mass is 10.0. The minimum Gasteiger partial charge on any atom is -0.465 e. The van der Waals surface area contributed by atoms with Crippen LogP contribution in [0.3, 0.4) is 0 Å². The van der Waals surface area contributed by atoms with Crippen molar-refractivity contribution in [3.63, 3.8) is 0 Å². The summed E-state index contributed by atoms with van der Waals surface area (Å²) in [6.45, 7) is 5.20. The van der Waals surface area contributed by atoms with Gasteiger partial charge in [0, 0.05) is 0 Å². The normalized spacial score (nSPS) is 15.0. The molecule has 1 aromatic heterocycles. The quantitative estimate of drug-likeness (QED) is 0.607. The van der Waals surface area contributed by atoms with Crippen LogP contribution in [0.15, 0.2) is 10.6 Å². The number of carbonyl (C=O) groups excluding carboxylic acids is 1. The molecule has 0 spiro atoms. The van der Waals surface area contributed by atoms with Gasteiger partial charge >= 0.3 is 12.1 Å². The highest BCUT2D eigenvalue weighted by Crippen LogP contribution is 2.26. The molecule has 1 heterocycles. The third-order valence-electron chi connectivity index (χ3n) is 3.15. The van der Waals surface area contributed by atoms with Crippen molar-refractivity contribution in [1.29, 1.82) is 0 Å². The molecule has 2 atom stereocenters.